The molecule has 0 radical (unpaired) electrons. The van der Waals surface area contributed by atoms with Gasteiger partial charge < -0.3 is 5.32 Å². The van der Waals surface area contributed by atoms with Crippen LogP contribution in [0.4, 0.5) is 0 Å². The Bertz CT molecular complexity index is 233. The molecule has 0 aliphatic carbocycles. The monoisotopic (exact) mass is 177 g/mol. The maximum atomic E-state index is 3.44. The van der Waals surface area contributed by atoms with E-state index in [1.165, 1.54) is 5.56 Å². The number of hydrogen-bond acceptors (Lipinski definition) is 1. The zero-order chi connectivity index (χ0) is 9.73. The van der Waals surface area contributed by atoms with Crippen LogP contribution in [0.15, 0.2) is 30.3 Å². The molecule has 0 aromatic heterocycles. The van der Waals surface area contributed by atoms with Crippen molar-refractivity contribution < 1.29 is 0 Å². The third kappa shape index (κ3) is 4.69. The molecule has 0 saturated heterocycles. The average Bonchev–Trinajstić information content (AvgIpc) is 2.04. The van der Waals surface area contributed by atoms with E-state index in [0.717, 1.165) is 13.1 Å². The fourth-order valence-corrected chi connectivity index (χ4v) is 1.18. The van der Waals surface area contributed by atoms with Gasteiger partial charge in [-0.3, -0.25) is 0 Å². The highest BCUT2D eigenvalue weighted by Crippen LogP contribution is 2.10. The van der Waals surface area contributed by atoms with Gasteiger partial charge in [-0.05, 0) is 11.0 Å². The summed E-state index contributed by atoms with van der Waals surface area (Å²) in [6.45, 7) is 8.75. The molecule has 0 spiro atoms. The number of nitrogens with one attached hydrogen (secondary N) is 1. The first-order valence-corrected chi connectivity index (χ1v) is 4.82. The summed E-state index contributed by atoms with van der Waals surface area (Å²) in [6, 6.07) is 10.5. The number of hydrogen-bond donors (Lipinski definition) is 1. The smallest absolute Gasteiger partial charge is 0.0205 e. The molecule has 1 aromatic carbocycles. The normalized spacial score (nSPS) is 11.6. The minimum absolute atomic E-state index is 0.370. The molecule has 0 fully saturated rings. The molecule has 13 heavy (non-hydrogen) atoms. The summed E-state index contributed by atoms with van der Waals surface area (Å²) in [4.78, 5) is 0. The lowest BCUT2D eigenvalue weighted by atomic mass is 9.97. The average molecular weight is 177 g/mol. The van der Waals surface area contributed by atoms with Crippen LogP contribution in [0.5, 0.6) is 0 Å². The van der Waals surface area contributed by atoms with Gasteiger partial charge in [-0.15, -0.1) is 0 Å². The van der Waals surface area contributed by atoms with Crippen molar-refractivity contribution in [1.29, 1.82) is 0 Å². The molecule has 1 N–H and O–H groups in total. The SMILES string of the molecule is CC(C)(C)CNCc1ccccc1. The van der Waals surface area contributed by atoms with Gasteiger partial charge in [-0.2, -0.15) is 0 Å². The molecule has 0 atom stereocenters. The van der Waals surface area contributed by atoms with Crippen LogP contribution >= 0.6 is 0 Å². The van der Waals surface area contributed by atoms with Crippen LogP contribution in [0.1, 0.15) is 26.3 Å². The lowest BCUT2D eigenvalue weighted by Crippen LogP contribution is -2.26. The van der Waals surface area contributed by atoms with Crippen molar-refractivity contribution in [3.63, 3.8) is 0 Å². The van der Waals surface area contributed by atoms with E-state index in [2.05, 4.69) is 50.4 Å². The number of benzene rings is 1. The van der Waals surface area contributed by atoms with Crippen molar-refractivity contribution in [3.05, 3.63) is 35.9 Å². The Kier molecular flexibility index (Phi) is 3.49. The maximum Gasteiger partial charge on any atom is 0.0205 e. The first kappa shape index (κ1) is 10.3. The Morgan fingerprint density at radius 3 is 2.23 bits per heavy atom. The first-order valence-electron chi connectivity index (χ1n) is 4.82. The van der Waals surface area contributed by atoms with Gasteiger partial charge in [0.25, 0.3) is 0 Å². The molecule has 0 unspecified atom stereocenters. The Morgan fingerprint density at radius 2 is 1.69 bits per heavy atom. The van der Waals surface area contributed by atoms with Crippen molar-refractivity contribution in [3.8, 4) is 0 Å². The van der Waals surface area contributed by atoms with Crippen LogP contribution in [0.3, 0.4) is 0 Å². The topological polar surface area (TPSA) is 12.0 Å². The van der Waals surface area contributed by atoms with Gasteiger partial charge in [-0.25, -0.2) is 0 Å². The Balaban J connectivity index is 2.29. The molecule has 0 aliphatic heterocycles. The molecule has 0 heterocycles. The molecule has 0 saturated carbocycles. The zero-order valence-corrected chi connectivity index (χ0v) is 8.80. The van der Waals surface area contributed by atoms with E-state index in [4.69, 9.17) is 0 Å². The highest BCUT2D eigenvalue weighted by molar-refractivity contribution is 5.14. The highest BCUT2D eigenvalue weighted by atomic mass is 14.9. The zero-order valence-electron chi connectivity index (χ0n) is 8.80. The predicted octanol–water partition coefficient (Wildman–Crippen LogP) is 2.82. The maximum absolute atomic E-state index is 3.44. The molecule has 0 amide bonds. The third-order valence-corrected chi connectivity index (χ3v) is 1.83. The number of rotatable bonds is 3. The van der Waals surface area contributed by atoms with Crippen LogP contribution < -0.4 is 5.32 Å². The summed E-state index contributed by atoms with van der Waals surface area (Å²) in [5.74, 6) is 0. The van der Waals surface area contributed by atoms with Crippen molar-refractivity contribution in [1.82, 2.24) is 5.32 Å². The highest BCUT2D eigenvalue weighted by Gasteiger charge is 2.08. The Morgan fingerprint density at radius 1 is 1.08 bits per heavy atom. The van der Waals surface area contributed by atoms with Crippen LogP contribution in [-0.4, -0.2) is 6.54 Å². The summed E-state index contributed by atoms with van der Waals surface area (Å²) < 4.78 is 0. The summed E-state index contributed by atoms with van der Waals surface area (Å²) in [7, 11) is 0. The second-order valence-electron chi connectivity index (χ2n) is 4.65. The molecule has 0 aliphatic rings. The van der Waals surface area contributed by atoms with E-state index in [-0.39, 0.29) is 0 Å². The molecule has 1 rings (SSSR count). The van der Waals surface area contributed by atoms with E-state index in [1.807, 2.05) is 6.07 Å². The molecular formula is C12H19N. The van der Waals surface area contributed by atoms with E-state index >= 15 is 0 Å². The van der Waals surface area contributed by atoms with Crippen molar-refractivity contribution in [2.24, 2.45) is 5.41 Å². The largest absolute Gasteiger partial charge is 0.312 e. The van der Waals surface area contributed by atoms with Gasteiger partial charge in [0.15, 0.2) is 0 Å². The lowest BCUT2D eigenvalue weighted by molar-refractivity contribution is 0.379. The van der Waals surface area contributed by atoms with Crippen molar-refractivity contribution in [2.45, 2.75) is 27.3 Å². The second kappa shape index (κ2) is 4.43. The van der Waals surface area contributed by atoms with Crippen LogP contribution in [-0.2, 0) is 6.54 Å². The van der Waals surface area contributed by atoms with Gasteiger partial charge in [0, 0.05) is 13.1 Å². The minimum atomic E-state index is 0.370. The Labute approximate surface area is 81.2 Å². The van der Waals surface area contributed by atoms with Crippen LogP contribution in [0.25, 0.3) is 0 Å². The predicted molar refractivity (Wildman–Crippen MR) is 57.6 cm³/mol. The Hall–Kier alpha value is -0.820. The van der Waals surface area contributed by atoms with E-state index in [1.54, 1.807) is 0 Å². The first-order chi connectivity index (χ1) is 6.08. The van der Waals surface area contributed by atoms with Crippen LogP contribution in [0, 0.1) is 5.41 Å². The molecule has 0 bridgehead atoms. The summed E-state index contributed by atoms with van der Waals surface area (Å²) in [6.07, 6.45) is 0. The van der Waals surface area contributed by atoms with Crippen molar-refractivity contribution in [2.75, 3.05) is 6.54 Å². The molecule has 1 nitrogen and oxygen atoms in total. The van der Waals surface area contributed by atoms with Gasteiger partial charge in [0.1, 0.15) is 0 Å². The van der Waals surface area contributed by atoms with Gasteiger partial charge >= 0.3 is 0 Å². The quantitative estimate of drug-likeness (QED) is 0.748. The van der Waals surface area contributed by atoms with Crippen LogP contribution in [0.2, 0.25) is 0 Å². The van der Waals surface area contributed by atoms with Gasteiger partial charge in [0.05, 0.1) is 0 Å². The van der Waals surface area contributed by atoms with Crippen molar-refractivity contribution >= 4 is 0 Å². The molecule has 1 aromatic rings. The van der Waals surface area contributed by atoms with E-state index in [0.29, 0.717) is 5.41 Å². The second-order valence-corrected chi connectivity index (χ2v) is 4.65. The van der Waals surface area contributed by atoms with E-state index < -0.39 is 0 Å². The third-order valence-electron chi connectivity index (χ3n) is 1.83. The fourth-order valence-electron chi connectivity index (χ4n) is 1.18. The summed E-state index contributed by atoms with van der Waals surface area (Å²) >= 11 is 0. The molecule has 1 heteroatoms. The summed E-state index contributed by atoms with van der Waals surface area (Å²) in [5.41, 5.74) is 1.72. The summed E-state index contributed by atoms with van der Waals surface area (Å²) in [5, 5.41) is 3.44. The van der Waals surface area contributed by atoms with Gasteiger partial charge in [0.2, 0.25) is 0 Å². The standard InChI is InChI=1S/C12H19N/c1-12(2,3)10-13-9-11-7-5-4-6-8-11/h4-8,13H,9-10H2,1-3H3. The molecule has 72 valence electrons. The fraction of sp³-hybridized carbons (Fsp3) is 0.500. The lowest BCUT2D eigenvalue weighted by Gasteiger charge is -2.18. The van der Waals surface area contributed by atoms with Gasteiger partial charge in [-0.1, -0.05) is 51.1 Å². The molecular weight excluding hydrogens is 158 g/mol. The van der Waals surface area contributed by atoms with E-state index in [9.17, 15) is 0 Å². The minimum Gasteiger partial charge on any atom is -0.312 e.